The van der Waals surface area contributed by atoms with E-state index in [4.69, 9.17) is 9.47 Å². The fraction of sp³-hybridized carbons (Fsp3) is 0.409. The van der Waals surface area contributed by atoms with Crippen molar-refractivity contribution in [1.82, 2.24) is 20.9 Å². The largest absolute Gasteiger partial charge is 0.444 e. The number of benzene rings is 1. The quantitative estimate of drug-likeness (QED) is 0.194. The van der Waals surface area contributed by atoms with Gasteiger partial charge in [0, 0.05) is 38.0 Å². The van der Waals surface area contributed by atoms with Crippen LogP contribution >= 0.6 is 24.0 Å². The molecule has 1 amide bonds. The maximum Gasteiger partial charge on any atom is 0.407 e. The van der Waals surface area contributed by atoms with Gasteiger partial charge in [0.05, 0.1) is 6.54 Å². The first-order valence-corrected chi connectivity index (χ1v) is 10.1. The van der Waals surface area contributed by atoms with E-state index in [0.717, 1.165) is 5.56 Å². The Balaban J connectivity index is 0.00000512. The number of guanidine groups is 1. The predicted molar refractivity (Wildman–Crippen MR) is 133 cm³/mol. The minimum absolute atomic E-state index is 0. The topological polar surface area (TPSA) is 96.9 Å². The number of carbonyl (C=O) groups is 1. The number of amides is 1. The second-order valence-electron chi connectivity index (χ2n) is 7.61. The number of aliphatic imine (C=N–C) groups is 1. The average molecular weight is 559 g/mol. The molecule has 176 valence electrons. The summed E-state index contributed by atoms with van der Waals surface area (Å²) >= 11 is 0. The first-order valence-electron chi connectivity index (χ1n) is 10.1. The maximum atomic E-state index is 13.2. The van der Waals surface area contributed by atoms with Crippen molar-refractivity contribution in [3.63, 3.8) is 0 Å². The van der Waals surface area contributed by atoms with Crippen LogP contribution in [0.3, 0.4) is 0 Å². The third-order valence-corrected chi connectivity index (χ3v) is 3.67. The van der Waals surface area contributed by atoms with Crippen LogP contribution in [0.4, 0.5) is 9.18 Å². The van der Waals surface area contributed by atoms with E-state index in [0.29, 0.717) is 43.8 Å². The van der Waals surface area contributed by atoms with Crippen molar-refractivity contribution in [3.05, 3.63) is 54.0 Å². The normalized spacial score (nSPS) is 11.2. The Bertz CT molecular complexity index is 873. The molecule has 0 saturated carbocycles. The van der Waals surface area contributed by atoms with Crippen molar-refractivity contribution < 1.29 is 18.7 Å². The van der Waals surface area contributed by atoms with E-state index in [9.17, 15) is 9.18 Å². The van der Waals surface area contributed by atoms with Gasteiger partial charge in [-0.3, -0.25) is 0 Å². The molecule has 2 aromatic rings. The molecule has 0 aliphatic rings. The Morgan fingerprint density at radius 3 is 2.50 bits per heavy atom. The summed E-state index contributed by atoms with van der Waals surface area (Å²) in [4.78, 5) is 20.4. The third-order valence-electron chi connectivity index (χ3n) is 3.67. The van der Waals surface area contributed by atoms with Gasteiger partial charge in [0.15, 0.2) is 5.96 Å². The molecule has 1 aromatic heterocycles. The van der Waals surface area contributed by atoms with E-state index in [2.05, 4.69) is 25.9 Å². The lowest BCUT2D eigenvalue weighted by molar-refractivity contribution is 0.0529. The lowest BCUT2D eigenvalue weighted by Crippen LogP contribution is -2.42. The number of ether oxygens (including phenoxy) is 2. The maximum absolute atomic E-state index is 13.2. The van der Waals surface area contributed by atoms with Crippen LogP contribution in [-0.2, 0) is 11.3 Å². The molecule has 0 aliphatic carbocycles. The van der Waals surface area contributed by atoms with Gasteiger partial charge in [-0.15, -0.1) is 24.0 Å². The van der Waals surface area contributed by atoms with Crippen molar-refractivity contribution in [2.45, 2.75) is 39.8 Å². The zero-order valence-electron chi connectivity index (χ0n) is 18.8. The van der Waals surface area contributed by atoms with Crippen LogP contribution in [0.5, 0.6) is 11.6 Å². The van der Waals surface area contributed by atoms with Gasteiger partial charge in [-0.2, -0.15) is 0 Å². The van der Waals surface area contributed by atoms with Crippen LogP contribution in [0.15, 0.2) is 47.6 Å². The molecule has 1 aromatic carbocycles. The van der Waals surface area contributed by atoms with E-state index in [1.807, 2.05) is 33.8 Å². The monoisotopic (exact) mass is 559 g/mol. The van der Waals surface area contributed by atoms with Crippen molar-refractivity contribution in [2.24, 2.45) is 4.99 Å². The zero-order valence-corrected chi connectivity index (χ0v) is 21.1. The number of aromatic nitrogens is 1. The van der Waals surface area contributed by atoms with E-state index in [1.54, 1.807) is 24.4 Å². The van der Waals surface area contributed by atoms with E-state index in [1.165, 1.54) is 12.1 Å². The van der Waals surface area contributed by atoms with Crippen LogP contribution in [0.2, 0.25) is 0 Å². The second kappa shape index (κ2) is 13.7. The Morgan fingerprint density at radius 1 is 1.12 bits per heavy atom. The summed E-state index contributed by atoms with van der Waals surface area (Å²) in [7, 11) is 0. The number of halogens is 2. The summed E-state index contributed by atoms with van der Waals surface area (Å²) in [6.45, 7) is 9.40. The molecule has 0 atom stereocenters. The Labute approximate surface area is 205 Å². The standard InChI is InChI=1S/C22H30FN5O3.HI/c1-5-24-20(25-11-12-26-21(29)31-22(2,3)4)28-15-16-9-10-19(27-14-16)30-18-8-6-7-17(23)13-18;/h6-10,13-14H,5,11-12,15H2,1-4H3,(H,26,29)(H2,24,25,28);1H. The Morgan fingerprint density at radius 2 is 1.88 bits per heavy atom. The van der Waals surface area contributed by atoms with Crippen molar-refractivity contribution in [3.8, 4) is 11.6 Å². The summed E-state index contributed by atoms with van der Waals surface area (Å²) in [6, 6.07) is 9.44. The molecular formula is C22H31FIN5O3. The zero-order chi connectivity index (χ0) is 22.7. The molecule has 2 rings (SSSR count). The SMILES string of the molecule is CCNC(=NCc1ccc(Oc2cccc(F)c2)nc1)NCCNC(=O)OC(C)(C)C.I. The molecule has 32 heavy (non-hydrogen) atoms. The number of nitrogens with zero attached hydrogens (tertiary/aromatic N) is 2. The first-order chi connectivity index (χ1) is 14.7. The molecule has 0 unspecified atom stereocenters. The van der Waals surface area contributed by atoms with Gasteiger partial charge >= 0.3 is 6.09 Å². The van der Waals surface area contributed by atoms with Crippen molar-refractivity contribution in [2.75, 3.05) is 19.6 Å². The Kier molecular flexibility index (Phi) is 11.7. The molecule has 0 fully saturated rings. The molecule has 0 saturated heterocycles. The fourth-order valence-electron chi connectivity index (χ4n) is 2.39. The van der Waals surface area contributed by atoms with Crippen LogP contribution in [0.1, 0.15) is 33.3 Å². The lowest BCUT2D eigenvalue weighted by Gasteiger charge is -2.19. The number of pyridine rings is 1. The number of carbonyl (C=O) groups excluding carboxylic acids is 1. The van der Waals surface area contributed by atoms with Gasteiger partial charge in [0.2, 0.25) is 5.88 Å². The summed E-state index contributed by atoms with van der Waals surface area (Å²) < 4.78 is 24.0. The molecule has 8 nitrogen and oxygen atoms in total. The number of hydrogen-bond acceptors (Lipinski definition) is 5. The highest BCUT2D eigenvalue weighted by atomic mass is 127. The molecule has 0 aliphatic heterocycles. The van der Waals surface area contributed by atoms with E-state index >= 15 is 0 Å². The van der Waals surface area contributed by atoms with Crippen LogP contribution in [0.25, 0.3) is 0 Å². The van der Waals surface area contributed by atoms with Gasteiger partial charge < -0.3 is 25.4 Å². The van der Waals surface area contributed by atoms with Crippen LogP contribution < -0.4 is 20.7 Å². The second-order valence-corrected chi connectivity index (χ2v) is 7.61. The number of nitrogens with one attached hydrogen (secondary N) is 3. The highest BCUT2D eigenvalue weighted by Crippen LogP contribution is 2.20. The smallest absolute Gasteiger partial charge is 0.407 e. The summed E-state index contributed by atoms with van der Waals surface area (Å²) in [6.07, 6.45) is 1.20. The number of hydrogen-bond donors (Lipinski definition) is 3. The van der Waals surface area contributed by atoms with Crippen molar-refractivity contribution in [1.29, 1.82) is 0 Å². The fourth-order valence-corrected chi connectivity index (χ4v) is 2.39. The van der Waals surface area contributed by atoms with Crippen LogP contribution in [0, 0.1) is 5.82 Å². The predicted octanol–water partition coefficient (Wildman–Crippen LogP) is 4.21. The third kappa shape index (κ3) is 11.1. The molecule has 10 heteroatoms. The van der Waals surface area contributed by atoms with E-state index < -0.39 is 11.7 Å². The molecule has 1 heterocycles. The minimum atomic E-state index is -0.528. The van der Waals surface area contributed by atoms with Gasteiger partial charge in [0.25, 0.3) is 0 Å². The van der Waals surface area contributed by atoms with Crippen molar-refractivity contribution >= 4 is 36.0 Å². The lowest BCUT2D eigenvalue weighted by atomic mass is 10.2. The molecule has 3 N–H and O–H groups in total. The number of rotatable bonds is 8. The first kappa shape index (κ1) is 27.4. The van der Waals surface area contributed by atoms with Gasteiger partial charge in [-0.1, -0.05) is 12.1 Å². The molecule has 0 bridgehead atoms. The summed E-state index contributed by atoms with van der Waals surface area (Å²) in [5.41, 5.74) is 0.357. The molecular weight excluding hydrogens is 528 g/mol. The van der Waals surface area contributed by atoms with E-state index in [-0.39, 0.29) is 29.8 Å². The summed E-state index contributed by atoms with van der Waals surface area (Å²) in [5, 5.41) is 8.98. The van der Waals surface area contributed by atoms with Gasteiger partial charge in [-0.05, 0) is 45.4 Å². The van der Waals surface area contributed by atoms with Gasteiger partial charge in [0.1, 0.15) is 17.2 Å². The van der Waals surface area contributed by atoms with Gasteiger partial charge in [-0.25, -0.2) is 19.2 Å². The summed E-state index contributed by atoms with van der Waals surface area (Å²) in [5.74, 6) is 1.01. The average Bonchev–Trinajstić information content (AvgIpc) is 2.69. The number of alkyl carbamates (subject to hydrolysis) is 1. The minimum Gasteiger partial charge on any atom is -0.444 e. The highest BCUT2D eigenvalue weighted by molar-refractivity contribution is 14.0. The molecule has 0 radical (unpaired) electrons. The highest BCUT2D eigenvalue weighted by Gasteiger charge is 2.15. The van der Waals surface area contributed by atoms with Crippen LogP contribution in [-0.4, -0.2) is 42.3 Å². The Hall–Kier alpha value is -2.63. The molecule has 0 spiro atoms.